The Balaban J connectivity index is 1.68. The predicted molar refractivity (Wildman–Crippen MR) is 87.1 cm³/mol. The van der Waals surface area contributed by atoms with Gasteiger partial charge in [-0.1, -0.05) is 47.7 Å². The quantitative estimate of drug-likeness (QED) is 0.824. The number of amides is 1. The van der Waals surface area contributed by atoms with E-state index in [-0.39, 0.29) is 5.91 Å². The monoisotopic (exact) mass is 351 g/mol. The Labute approximate surface area is 134 Å². The first-order valence-electron chi connectivity index (χ1n) is 7.93. The number of hydrogen-bond donors (Lipinski definition) is 1. The van der Waals surface area contributed by atoms with Crippen molar-refractivity contribution in [3.63, 3.8) is 0 Å². The lowest BCUT2D eigenvalue weighted by molar-refractivity contribution is 0.0957. The summed E-state index contributed by atoms with van der Waals surface area (Å²) in [5.74, 6) is 1.57. The number of rotatable bonds is 4. The normalized spacial score (nSPS) is 20.3. The molecule has 0 bridgehead atoms. The van der Waals surface area contributed by atoms with E-state index in [4.69, 9.17) is 4.74 Å². The van der Waals surface area contributed by atoms with Crippen LogP contribution in [0.4, 0.5) is 0 Å². The lowest BCUT2D eigenvalue weighted by Crippen LogP contribution is -2.24. The van der Waals surface area contributed by atoms with E-state index >= 15 is 0 Å². The van der Waals surface area contributed by atoms with Crippen LogP contribution in [-0.4, -0.2) is 19.1 Å². The Bertz CT molecular complexity index is 512. The molecule has 1 aromatic carbocycles. The fourth-order valence-electron chi connectivity index (χ4n) is 3.31. The topological polar surface area (TPSA) is 38.3 Å². The molecule has 1 saturated carbocycles. The van der Waals surface area contributed by atoms with Crippen LogP contribution in [0.5, 0.6) is 5.75 Å². The van der Waals surface area contributed by atoms with E-state index in [0.29, 0.717) is 29.3 Å². The molecule has 1 N–H and O–H groups in total. The maximum atomic E-state index is 12.0. The lowest BCUT2D eigenvalue weighted by Gasteiger charge is -2.15. The Morgan fingerprint density at radius 2 is 2.14 bits per heavy atom. The van der Waals surface area contributed by atoms with Crippen molar-refractivity contribution in [3.8, 4) is 5.75 Å². The first-order chi connectivity index (χ1) is 10.2. The molecule has 1 aliphatic carbocycles. The van der Waals surface area contributed by atoms with Crippen molar-refractivity contribution in [2.75, 3.05) is 13.2 Å². The zero-order valence-corrected chi connectivity index (χ0v) is 13.8. The first-order valence-corrected chi connectivity index (χ1v) is 8.84. The molecule has 3 nitrogen and oxygen atoms in total. The minimum atomic E-state index is -0.0279. The second-order valence-corrected chi connectivity index (χ2v) is 7.16. The standard InChI is InChI=1S/C17H22BrNO2/c18-15(7-5-12-3-1-2-4-12)13-6-8-16-14(11-13)17(20)19-9-10-21-16/h6,8,11-12,15H,1-5,7,9-10H2,(H,19,20). The van der Waals surface area contributed by atoms with Gasteiger partial charge in [-0.3, -0.25) is 4.79 Å². The van der Waals surface area contributed by atoms with Crippen LogP contribution in [0.15, 0.2) is 18.2 Å². The van der Waals surface area contributed by atoms with Gasteiger partial charge in [0.05, 0.1) is 12.1 Å². The van der Waals surface area contributed by atoms with Crippen LogP contribution in [0.1, 0.15) is 59.3 Å². The van der Waals surface area contributed by atoms with Crippen molar-refractivity contribution in [1.29, 1.82) is 0 Å². The Morgan fingerprint density at radius 3 is 2.95 bits per heavy atom. The van der Waals surface area contributed by atoms with E-state index in [9.17, 15) is 4.79 Å². The molecule has 0 saturated heterocycles. The second kappa shape index (κ2) is 6.82. The number of carbonyl (C=O) groups is 1. The van der Waals surface area contributed by atoms with Gasteiger partial charge in [0.2, 0.25) is 0 Å². The molecule has 1 aromatic rings. The summed E-state index contributed by atoms with van der Waals surface area (Å²) < 4.78 is 5.60. The molecule has 21 heavy (non-hydrogen) atoms. The van der Waals surface area contributed by atoms with Gasteiger partial charge in [0.1, 0.15) is 12.4 Å². The molecule has 1 amide bonds. The van der Waals surface area contributed by atoms with Gasteiger partial charge in [0.25, 0.3) is 5.91 Å². The van der Waals surface area contributed by atoms with Crippen LogP contribution in [0.3, 0.4) is 0 Å². The highest BCUT2D eigenvalue weighted by atomic mass is 79.9. The Hall–Kier alpha value is -1.03. The summed E-state index contributed by atoms with van der Waals surface area (Å²) in [6.07, 6.45) is 7.98. The predicted octanol–water partition coefficient (Wildman–Crippen LogP) is 4.22. The van der Waals surface area contributed by atoms with Crippen molar-refractivity contribution < 1.29 is 9.53 Å². The SMILES string of the molecule is O=C1NCCOc2ccc(C(Br)CCC3CCCC3)cc21. The van der Waals surface area contributed by atoms with E-state index in [0.717, 1.165) is 12.3 Å². The Morgan fingerprint density at radius 1 is 1.33 bits per heavy atom. The fraction of sp³-hybridized carbons (Fsp3) is 0.588. The van der Waals surface area contributed by atoms with Gasteiger partial charge in [0, 0.05) is 4.83 Å². The van der Waals surface area contributed by atoms with E-state index in [2.05, 4.69) is 27.3 Å². The van der Waals surface area contributed by atoms with Crippen molar-refractivity contribution in [1.82, 2.24) is 5.32 Å². The summed E-state index contributed by atoms with van der Waals surface area (Å²) in [6, 6.07) is 5.98. The molecule has 1 heterocycles. The van der Waals surface area contributed by atoms with Gasteiger partial charge < -0.3 is 10.1 Å². The third kappa shape index (κ3) is 3.60. The number of ether oxygens (including phenoxy) is 1. The van der Waals surface area contributed by atoms with Gasteiger partial charge in [-0.15, -0.1) is 0 Å². The number of alkyl halides is 1. The molecular weight excluding hydrogens is 330 g/mol. The zero-order valence-electron chi connectivity index (χ0n) is 12.2. The molecule has 0 aromatic heterocycles. The molecule has 0 radical (unpaired) electrons. The van der Waals surface area contributed by atoms with Crippen molar-refractivity contribution >= 4 is 21.8 Å². The summed E-state index contributed by atoms with van der Waals surface area (Å²) in [6.45, 7) is 1.11. The number of nitrogens with one attached hydrogen (secondary N) is 1. The highest BCUT2D eigenvalue weighted by molar-refractivity contribution is 9.09. The minimum Gasteiger partial charge on any atom is -0.491 e. The average molecular weight is 352 g/mol. The highest BCUT2D eigenvalue weighted by Crippen LogP contribution is 2.36. The second-order valence-electron chi connectivity index (χ2n) is 6.06. The molecule has 1 aliphatic heterocycles. The summed E-state index contributed by atoms with van der Waals surface area (Å²) in [5, 5.41) is 2.86. The van der Waals surface area contributed by atoms with E-state index in [1.807, 2.05) is 12.1 Å². The van der Waals surface area contributed by atoms with E-state index < -0.39 is 0 Å². The van der Waals surface area contributed by atoms with Gasteiger partial charge in [0.15, 0.2) is 0 Å². The Kier molecular flexibility index (Phi) is 4.84. The molecule has 4 heteroatoms. The number of hydrogen-bond acceptors (Lipinski definition) is 2. The third-order valence-corrected chi connectivity index (χ3v) is 5.54. The molecular formula is C17H22BrNO2. The largest absolute Gasteiger partial charge is 0.491 e. The molecule has 2 aliphatic rings. The zero-order chi connectivity index (χ0) is 14.7. The summed E-state index contributed by atoms with van der Waals surface area (Å²) in [4.78, 5) is 12.4. The third-order valence-electron chi connectivity index (χ3n) is 4.56. The average Bonchev–Trinajstić information content (AvgIpc) is 2.95. The highest BCUT2D eigenvalue weighted by Gasteiger charge is 2.20. The smallest absolute Gasteiger partial charge is 0.255 e. The maximum absolute atomic E-state index is 12.0. The molecule has 1 atom stereocenters. The number of fused-ring (bicyclic) bond motifs is 1. The van der Waals surface area contributed by atoms with Gasteiger partial charge >= 0.3 is 0 Å². The van der Waals surface area contributed by atoms with Crippen molar-refractivity contribution in [3.05, 3.63) is 29.3 Å². The lowest BCUT2D eigenvalue weighted by atomic mass is 9.97. The number of halogens is 1. The maximum Gasteiger partial charge on any atom is 0.255 e. The number of carbonyl (C=O) groups excluding carboxylic acids is 1. The molecule has 1 unspecified atom stereocenters. The fourth-order valence-corrected chi connectivity index (χ4v) is 3.86. The molecule has 3 rings (SSSR count). The summed E-state index contributed by atoms with van der Waals surface area (Å²) in [7, 11) is 0. The van der Waals surface area contributed by atoms with Crippen molar-refractivity contribution in [2.24, 2.45) is 5.92 Å². The van der Waals surface area contributed by atoms with Gasteiger partial charge in [-0.25, -0.2) is 0 Å². The number of benzene rings is 1. The van der Waals surface area contributed by atoms with Gasteiger partial charge in [-0.05, 0) is 36.5 Å². The molecule has 1 fully saturated rings. The van der Waals surface area contributed by atoms with Crippen LogP contribution >= 0.6 is 15.9 Å². The van der Waals surface area contributed by atoms with Crippen LogP contribution in [0.25, 0.3) is 0 Å². The van der Waals surface area contributed by atoms with Gasteiger partial charge in [-0.2, -0.15) is 0 Å². The minimum absolute atomic E-state index is 0.0279. The van der Waals surface area contributed by atoms with Crippen LogP contribution in [0.2, 0.25) is 0 Å². The molecule has 0 spiro atoms. The summed E-state index contributed by atoms with van der Waals surface area (Å²) in [5.41, 5.74) is 1.84. The molecule has 114 valence electrons. The van der Waals surface area contributed by atoms with E-state index in [1.165, 1.54) is 37.7 Å². The first kappa shape index (κ1) is 14.9. The van der Waals surface area contributed by atoms with Crippen LogP contribution in [0, 0.1) is 5.92 Å². The van der Waals surface area contributed by atoms with E-state index in [1.54, 1.807) is 0 Å². The van der Waals surface area contributed by atoms with Crippen LogP contribution < -0.4 is 10.1 Å². The van der Waals surface area contributed by atoms with Crippen LogP contribution in [-0.2, 0) is 0 Å². The van der Waals surface area contributed by atoms with Crippen molar-refractivity contribution in [2.45, 2.75) is 43.4 Å². The summed E-state index contributed by atoms with van der Waals surface area (Å²) >= 11 is 3.79.